The fourth-order valence-corrected chi connectivity index (χ4v) is 3.18. The van der Waals surface area contributed by atoms with Gasteiger partial charge in [-0.3, -0.25) is 9.59 Å². The molecule has 24 heavy (non-hydrogen) atoms. The molecule has 2 rings (SSSR count). The smallest absolute Gasteiger partial charge is 0.303 e. The van der Waals surface area contributed by atoms with Crippen LogP contribution in [0.15, 0.2) is 0 Å². The molecular weight excluding hydrogens is 318 g/mol. The summed E-state index contributed by atoms with van der Waals surface area (Å²) < 4.78 is 27.3. The molecule has 0 bridgehead atoms. The van der Waals surface area contributed by atoms with E-state index in [1.807, 2.05) is 0 Å². The van der Waals surface area contributed by atoms with Crippen LogP contribution in [0.3, 0.4) is 0 Å². The molecule has 0 saturated carbocycles. The van der Waals surface area contributed by atoms with Gasteiger partial charge in [0.1, 0.15) is 31.8 Å². The van der Waals surface area contributed by atoms with Crippen molar-refractivity contribution in [1.29, 1.82) is 0 Å². The summed E-state index contributed by atoms with van der Waals surface area (Å²) in [7, 11) is 0. The summed E-state index contributed by atoms with van der Waals surface area (Å²) in [5, 5.41) is 0. The molecule has 8 heteroatoms. The van der Waals surface area contributed by atoms with Crippen molar-refractivity contribution in [3.63, 3.8) is 0 Å². The first kappa shape index (κ1) is 19.1. The van der Waals surface area contributed by atoms with Crippen molar-refractivity contribution in [3.8, 4) is 0 Å². The Kier molecular flexibility index (Phi) is 6.19. The van der Waals surface area contributed by atoms with Crippen LogP contribution in [0.4, 0.5) is 0 Å². The second kappa shape index (κ2) is 7.77. The van der Waals surface area contributed by atoms with Gasteiger partial charge in [0.25, 0.3) is 0 Å². The van der Waals surface area contributed by atoms with Crippen LogP contribution in [0.5, 0.6) is 0 Å². The Morgan fingerprint density at radius 1 is 1.25 bits per heavy atom. The van der Waals surface area contributed by atoms with Crippen LogP contribution < -0.4 is 5.73 Å². The Balaban J connectivity index is 2.05. The van der Waals surface area contributed by atoms with Crippen LogP contribution in [0.2, 0.25) is 0 Å². The normalized spacial score (nSPS) is 33.2. The van der Waals surface area contributed by atoms with Crippen molar-refractivity contribution in [3.05, 3.63) is 0 Å². The van der Waals surface area contributed by atoms with Crippen molar-refractivity contribution < 1.29 is 33.3 Å². The number of fused-ring (bicyclic) bond motifs is 1. The molecule has 5 atom stereocenters. The Morgan fingerprint density at radius 2 is 1.96 bits per heavy atom. The first-order chi connectivity index (χ1) is 11.2. The van der Waals surface area contributed by atoms with Crippen molar-refractivity contribution in [2.75, 3.05) is 13.4 Å². The van der Waals surface area contributed by atoms with Gasteiger partial charge >= 0.3 is 11.9 Å². The van der Waals surface area contributed by atoms with E-state index in [0.717, 1.165) is 6.42 Å². The minimum Gasteiger partial charge on any atom is -0.462 e. The van der Waals surface area contributed by atoms with Gasteiger partial charge in [0.15, 0.2) is 0 Å². The average Bonchev–Trinajstić information content (AvgIpc) is 2.45. The Labute approximate surface area is 141 Å². The van der Waals surface area contributed by atoms with Gasteiger partial charge in [0, 0.05) is 20.3 Å². The standard InChI is InChI=1S/C16H27NO7/c1-9(18)20-7-11(23-10(2)19)5-13-16(3,4)6-12-14(24-13)15(17)22-8-21-12/h11-15H,5-8,17H2,1-4H3/t11-,12+,13+,14-,15?/m0/s1. The van der Waals surface area contributed by atoms with Gasteiger partial charge in [-0.15, -0.1) is 0 Å². The van der Waals surface area contributed by atoms with Gasteiger partial charge in [-0.05, 0) is 11.8 Å². The lowest BCUT2D eigenvalue weighted by molar-refractivity contribution is -0.293. The van der Waals surface area contributed by atoms with E-state index in [0.29, 0.717) is 6.42 Å². The highest BCUT2D eigenvalue weighted by atomic mass is 16.7. The Morgan fingerprint density at radius 3 is 2.58 bits per heavy atom. The number of carbonyl (C=O) groups excluding carboxylic acids is 2. The molecule has 0 aromatic carbocycles. The van der Waals surface area contributed by atoms with Crippen LogP contribution in [-0.4, -0.2) is 56.0 Å². The lowest BCUT2D eigenvalue weighted by atomic mass is 9.75. The van der Waals surface area contributed by atoms with Crippen LogP contribution in [-0.2, 0) is 33.3 Å². The lowest BCUT2D eigenvalue weighted by Crippen LogP contribution is -2.60. The molecule has 138 valence electrons. The summed E-state index contributed by atoms with van der Waals surface area (Å²) in [6.45, 7) is 6.92. The molecule has 0 spiro atoms. The first-order valence-electron chi connectivity index (χ1n) is 8.14. The zero-order valence-corrected chi connectivity index (χ0v) is 14.7. The van der Waals surface area contributed by atoms with E-state index in [1.54, 1.807) is 0 Å². The van der Waals surface area contributed by atoms with E-state index >= 15 is 0 Å². The van der Waals surface area contributed by atoms with Crippen molar-refractivity contribution in [2.24, 2.45) is 11.1 Å². The highest BCUT2D eigenvalue weighted by Crippen LogP contribution is 2.41. The highest BCUT2D eigenvalue weighted by Gasteiger charge is 2.48. The SMILES string of the molecule is CC(=O)OC[C@H](C[C@H]1O[C@@H]2C(N)OCO[C@@H]2CC1(C)C)OC(C)=O. The number of carbonyl (C=O) groups is 2. The largest absolute Gasteiger partial charge is 0.462 e. The fourth-order valence-electron chi connectivity index (χ4n) is 3.18. The molecule has 2 aliphatic rings. The number of ether oxygens (including phenoxy) is 5. The number of esters is 2. The van der Waals surface area contributed by atoms with Gasteiger partial charge in [0.2, 0.25) is 0 Å². The predicted octanol–water partition coefficient (Wildman–Crippen LogP) is 0.713. The lowest BCUT2D eigenvalue weighted by Gasteiger charge is -2.49. The number of nitrogens with two attached hydrogens (primary N) is 1. The molecule has 0 aromatic heterocycles. The number of hydrogen-bond donors (Lipinski definition) is 1. The molecule has 2 fully saturated rings. The zero-order chi connectivity index (χ0) is 17.9. The second-order valence-corrected chi connectivity index (χ2v) is 7.01. The minimum absolute atomic E-state index is 0.00198. The Bertz CT molecular complexity index is 467. The molecule has 0 amide bonds. The maximum absolute atomic E-state index is 11.3. The molecule has 2 saturated heterocycles. The summed E-state index contributed by atoms with van der Waals surface area (Å²) in [4.78, 5) is 22.4. The zero-order valence-electron chi connectivity index (χ0n) is 14.7. The molecule has 2 heterocycles. The fraction of sp³-hybridized carbons (Fsp3) is 0.875. The molecule has 0 aliphatic carbocycles. The summed E-state index contributed by atoms with van der Waals surface area (Å²) >= 11 is 0. The molecular formula is C16H27NO7. The van der Waals surface area contributed by atoms with Crippen LogP contribution in [0, 0.1) is 5.41 Å². The molecule has 0 radical (unpaired) electrons. The third-order valence-electron chi connectivity index (χ3n) is 4.44. The van der Waals surface area contributed by atoms with Crippen molar-refractivity contribution in [1.82, 2.24) is 0 Å². The van der Waals surface area contributed by atoms with E-state index < -0.39 is 24.3 Å². The van der Waals surface area contributed by atoms with Gasteiger partial charge in [-0.25, -0.2) is 0 Å². The van der Waals surface area contributed by atoms with E-state index in [2.05, 4.69) is 13.8 Å². The summed E-state index contributed by atoms with van der Waals surface area (Å²) in [6.07, 6.45) is -0.716. The minimum atomic E-state index is -0.575. The number of hydrogen-bond acceptors (Lipinski definition) is 8. The van der Waals surface area contributed by atoms with Crippen LogP contribution >= 0.6 is 0 Å². The Hall–Kier alpha value is -1.22. The maximum Gasteiger partial charge on any atom is 0.303 e. The third-order valence-corrected chi connectivity index (χ3v) is 4.44. The maximum atomic E-state index is 11.3. The summed E-state index contributed by atoms with van der Waals surface area (Å²) in [5.74, 6) is -0.855. The van der Waals surface area contributed by atoms with Crippen LogP contribution in [0.25, 0.3) is 0 Å². The van der Waals surface area contributed by atoms with Crippen LogP contribution in [0.1, 0.15) is 40.5 Å². The molecule has 8 nitrogen and oxygen atoms in total. The molecule has 2 N–H and O–H groups in total. The third kappa shape index (κ3) is 4.89. The predicted molar refractivity (Wildman–Crippen MR) is 82.7 cm³/mol. The monoisotopic (exact) mass is 345 g/mol. The van der Waals surface area contributed by atoms with Crippen molar-refractivity contribution in [2.45, 2.75) is 71.2 Å². The van der Waals surface area contributed by atoms with Gasteiger partial charge < -0.3 is 29.4 Å². The summed E-state index contributed by atoms with van der Waals surface area (Å²) in [5.41, 5.74) is 5.75. The number of rotatable bonds is 5. The van der Waals surface area contributed by atoms with Gasteiger partial charge in [-0.2, -0.15) is 0 Å². The van der Waals surface area contributed by atoms with Gasteiger partial charge in [-0.1, -0.05) is 13.8 Å². The van der Waals surface area contributed by atoms with Gasteiger partial charge in [0.05, 0.1) is 12.2 Å². The van der Waals surface area contributed by atoms with E-state index in [4.69, 9.17) is 29.4 Å². The first-order valence-corrected chi connectivity index (χ1v) is 8.14. The van der Waals surface area contributed by atoms with Crippen molar-refractivity contribution >= 4 is 11.9 Å². The average molecular weight is 345 g/mol. The highest BCUT2D eigenvalue weighted by molar-refractivity contribution is 5.67. The molecule has 0 aromatic rings. The second-order valence-electron chi connectivity index (χ2n) is 7.01. The van der Waals surface area contributed by atoms with E-state index in [1.165, 1.54) is 13.8 Å². The summed E-state index contributed by atoms with van der Waals surface area (Å²) in [6, 6.07) is 0. The van der Waals surface area contributed by atoms with E-state index in [9.17, 15) is 9.59 Å². The topological polar surface area (TPSA) is 106 Å². The molecule has 2 aliphatic heterocycles. The molecule has 1 unspecified atom stereocenters. The van der Waals surface area contributed by atoms with E-state index in [-0.39, 0.29) is 37.1 Å². The quantitative estimate of drug-likeness (QED) is 0.726.